The Morgan fingerprint density at radius 1 is 0.844 bits per heavy atom. The van der Waals surface area contributed by atoms with E-state index in [1.165, 1.54) is 11.1 Å². The molecule has 2 rings (SSSR count). The molecule has 0 saturated carbocycles. The van der Waals surface area contributed by atoms with Crippen LogP contribution in [0.4, 0.5) is 0 Å². The number of hydrogen-bond donors (Lipinski definition) is 1. The van der Waals surface area contributed by atoms with Crippen molar-refractivity contribution in [2.45, 2.75) is 59.7 Å². The highest BCUT2D eigenvalue weighted by molar-refractivity contribution is 5.69. The molecule has 0 heterocycles. The van der Waals surface area contributed by atoms with Gasteiger partial charge in [-0.2, -0.15) is 0 Å². The summed E-state index contributed by atoms with van der Waals surface area (Å²) >= 11 is 0. The molecule has 0 spiro atoms. The molecular weight excluding hydrogens is 398 g/mol. The molecule has 32 heavy (non-hydrogen) atoms. The summed E-state index contributed by atoms with van der Waals surface area (Å²) in [6.45, 7) is 10.2. The average molecular weight is 444 g/mol. The molecule has 0 saturated heterocycles. The van der Waals surface area contributed by atoms with Gasteiger partial charge >= 0.3 is 5.97 Å². The Labute approximate surface area is 196 Å². The van der Waals surface area contributed by atoms with E-state index in [0.717, 1.165) is 39.1 Å². The van der Waals surface area contributed by atoms with Gasteiger partial charge in [-0.1, -0.05) is 68.1 Å². The number of ether oxygens (including phenoxy) is 1. The van der Waals surface area contributed by atoms with E-state index in [9.17, 15) is 4.79 Å². The molecule has 5 heteroatoms. The van der Waals surface area contributed by atoms with Crippen molar-refractivity contribution in [3.63, 3.8) is 0 Å². The van der Waals surface area contributed by atoms with Gasteiger partial charge in [0.05, 0.1) is 0 Å². The number of likely N-dealkylation sites (N-methyl/N-ethyl adjacent to an activating group) is 1. The smallest absolute Gasteiger partial charge is 0.306 e. The Balaban J connectivity index is 0.000000639. The van der Waals surface area contributed by atoms with Crippen molar-refractivity contribution in [2.75, 3.05) is 33.7 Å². The first-order valence-electron chi connectivity index (χ1n) is 11.1. The van der Waals surface area contributed by atoms with Crippen molar-refractivity contribution in [3.05, 3.63) is 71.8 Å². The summed E-state index contributed by atoms with van der Waals surface area (Å²) in [4.78, 5) is 16.0. The molecule has 0 fully saturated rings. The van der Waals surface area contributed by atoms with Crippen molar-refractivity contribution < 1.29 is 9.53 Å². The molecular formula is C27H45N3O2. The number of benzene rings is 2. The maximum atomic E-state index is 11.6. The Kier molecular flexibility index (Phi) is 15.3. The summed E-state index contributed by atoms with van der Waals surface area (Å²) in [6.07, 6.45) is 1.31. The van der Waals surface area contributed by atoms with Gasteiger partial charge in [0.1, 0.15) is 5.60 Å². The lowest BCUT2D eigenvalue weighted by atomic mass is 10.2. The molecule has 0 unspecified atom stereocenters. The van der Waals surface area contributed by atoms with Crippen LogP contribution in [0.25, 0.3) is 0 Å². The molecule has 0 radical (unpaired) electrons. The van der Waals surface area contributed by atoms with E-state index < -0.39 is 0 Å². The molecule has 180 valence electrons. The average Bonchev–Trinajstić information content (AvgIpc) is 2.69. The molecule has 2 N–H and O–H groups in total. The minimum atomic E-state index is -0.382. The number of carbonyl (C=O) groups is 1. The van der Waals surface area contributed by atoms with Gasteiger partial charge in [0.2, 0.25) is 0 Å². The molecule has 0 aliphatic rings. The quantitative estimate of drug-likeness (QED) is 0.526. The second-order valence-corrected chi connectivity index (χ2v) is 8.93. The summed E-state index contributed by atoms with van der Waals surface area (Å²) in [5, 5.41) is 0. The van der Waals surface area contributed by atoms with E-state index in [-0.39, 0.29) is 19.0 Å². The first-order chi connectivity index (χ1) is 14.7. The summed E-state index contributed by atoms with van der Waals surface area (Å²) in [6, 6.07) is 20.8. The number of hydrogen-bond acceptors (Lipinski definition) is 5. The molecule has 5 nitrogen and oxygen atoms in total. The van der Waals surface area contributed by atoms with Crippen molar-refractivity contribution in [3.8, 4) is 0 Å². The molecule has 0 atom stereocenters. The van der Waals surface area contributed by atoms with Crippen molar-refractivity contribution >= 4 is 5.97 Å². The number of nitrogens with two attached hydrogens (primary N) is 1. The predicted octanol–water partition coefficient (Wildman–Crippen LogP) is 4.95. The molecule has 0 aromatic heterocycles. The lowest BCUT2D eigenvalue weighted by Gasteiger charge is -2.20. The highest BCUT2D eigenvalue weighted by Gasteiger charge is 2.15. The zero-order chi connectivity index (χ0) is 23.1. The SMILES string of the molecule is C.CN(CCCC(=O)OC(C)(C)C)Cc1ccccc1.CN(CCN)Cc1ccccc1. The van der Waals surface area contributed by atoms with Crippen LogP contribution in [0.15, 0.2) is 60.7 Å². The lowest BCUT2D eigenvalue weighted by molar-refractivity contribution is -0.154. The van der Waals surface area contributed by atoms with Crippen LogP contribution in [-0.2, 0) is 22.6 Å². The Morgan fingerprint density at radius 3 is 1.69 bits per heavy atom. The van der Waals surface area contributed by atoms with E-state index in [1.54, 1.807) is 0 Å². The number of nitrogens with zero attached hydrogens (tertiary/aromatic N) is 2. The number of carbonyl (C=O) groups excluding carboxylic acids is 1. The fraction of sp³-hybridized carbons (Fsp3) is 0.519. The zero-order valence-corrected chi connectivity index (χ0v) is 20.0. The van der Waals surface area contributed by atoms with E-state index in [1.807, 2.05) is 45.0 Å². The van der Waals surface area contributed by atoms with Crippen LogP contribution >= 0.6 is 0 Å². The van der Waals surface area contributed by atoms with E-state index in [0.29, 0.717) is 6.42 Å². The normalized spacial score (nSPS) is 10.9. The van der Waals surface area contributed by atoms with Gasteiger partial charge in [-0.05, 0) is 59.0 Å². The second-order valence-electron chi connectivity index (χ2n) is 8.93. The summed E-state index contributed by atoms with van der Waals surface area (Å²) < 4.78 is 5.28. The first kappa shape index (κ1) is 29.8. The molecule has 2 aromatic rings. The highest BCUT2D eigenvalue weighted by Crippen LogP contribution is 2.10. The van der Waals surface area contributed by atoms with E-state index in [2.05, 4.69) is 60.3 Å². The first-order valence-corrected chi connectivity index (χ1v) is 11.1. The summed E-state index contributed by atoms with van der Waals surface area (Å²) in [7, 11) is 4.15. The van der Waals surface area contributed by atoms with Crippen LogP contribution in [0.3, 0.4) is 0 Å². The highest BCUT2D eigenvalue weighted by atomic mass is 16.6. The van der Waals surface area contributed by atoms with Gasteiger partial charge in [-0.15, -0.1) is 0 Å². The van der Waals surface area contributed by atoms with Crippen molar-refractivity contribution in [1.82, 2.24) is 9.80 Å². The third-order valence-electron chi connectivity index (χ3n) is 4.44. The van der Waals surface area contributed by atoms with E-state index >= 15 is 0 Å². The summed E-state index contributed by atoms with van der Waals surface area (Å²) in [5.74, 6) is -0.111. The van der Waals surface area contributed by atoms with Gasteiger partial charge in [-0.3, -0.25) is 4.79 Å². The molecule has 0 bridgehead atoms. The molecule has 0 aliphatic carbocycles. The fourth-order valence-corrected chi connectivity index (χ4v) is 3.05. The monoisotopic (exact) mass is 443 g/mol. The van der Waals surface area contributed by atoms with Crippen LogP contribution in [0.5, 0.6) is 0 Å². The van der Waals surface area contributed by atoms with Gasteiger partial charge < -0.3 is 20.3 Å². The third-order valence-corrected chi connectivity index (χ3v) is 4.44. The largest absolute Gasteiger partial charge is 0.460 e. The lowest BCUT2D eigenvalue weighted by Crippen LogP contribution is -2.25. The summed E-state index contributed by atoms with van der Waals surface area (Å²) in [5.41, 5.74) is 7.69. The van der Waals surface area contributed by atoms with Crippen LogP contribution < -0.4 is 5.73 Å². The van der Waals surface area contributed by atoms with Crippen LogP contribution in [0.1, 0.15) is 52.2 Å². The Hall–Kier alpha value is -2.21. The minimum Gasteiger partial charge on any atom is -0.460 e. The number of rotatable bonds is 10. The van der Waals surface area contributed by atoms with Gasteiger partial charge in [-0.25, -0.2) is 0 Å². The standard InChI is InChI=1S/C16H25NO2.C10H16N2.CH4/c1-16(2,3)19-15(18)11-8-12-17(4)13-14-9-6-5-7-10-14;1-12(8-7-11)9-10-5-3-2-4-6-10;/h5-7,9-10H,8,11-13H2,1-4H3;2-6H,7-9,11H2,1H3;1H4. The Bertz CT molecular complexity index is 715. The maximum absolute atomic E-state index is 11.6. The topological polar surface area (TPSA) is 58.8 Å². The predicted molar refractivity (Wildman–Crippen MR) is 136 cm³/mol. The van der Waals surface area contributed by atoms with Crippen LogP contribution in [0, 0.1) is 0 Å². The fourth-order valence-electron chi connectivity index (χ4n) is 3.05. The molecule has 2 aromatic carbocycles. The zero-order valence-electron chi connectivity index (χ0n) is 20.0. The second kappa shape index (κ2) is 16.4. The van der Waals surface area contributed by atoms with Crippen LogP contribution in [0.2, 0.25) is 0 Å². The van der Waals surface area contributed by atoms with Gasteiger partial charge in [0.25, 0.3) is 0 Å². The molecule has 0 amide bonds. The number of esters is 1. The maximum Gasteiger partial charge on any atom is 0.306 e. The minimum absolute atomic E-state index is 0. The van der Waals surface area contributed by atoms with Gasteiger partial charge in [0, 0.05) is 32.6 Å². The van der Waals surface area contributed by atoms with Crippen LogP contribution in [-0.4, -0.2) is 55.1 Å². The molecule has 0 aliphatic heterocycles. The Morgan fingerprint density at radius 2 is 1.28 bits per heavy atom. The third kappa shape index (κ3) is 15.6. The van der Waals surface area contributed by atoms with Crippen molar-refractivity contribution in [1.29, 1.82) is 0 Å². The van der Waals surface area contributed by atoms with Crippen molar-refractivity contribution in [2.24, 2.45) is 5.73 Å². The van der Waals surface area contributed by atoms with E-state index in [4.69, 9.17) is 10.5 Å². The van der Waals surface area contributed by atoms with Gasteiger partial charge in [0.15, 0.2) is 0 Å².